The van der Waals surface area contributed by atoms with Crippen molar-refractivity contribution in [2.45, 2.75) is 31.4 Å². The lowest BCUT2D eigenvalue weighted by Crippen LogP contribution is -2.31. The third kappa shape index (κ3) is 2.64. The van der Waals surface area contributed by atoms with Gasteiger partial charge in [0.1, 0.15) is 5.00 Å². The molecule has 1 aromatic heterocycles. The largest absolute Gasteiger partial charge is 0.374 e. The second-order valence-electron chi connectivity index (χ2n) is 4.48. The first kappa shape index (κ1) is 13.7. The van der Waals surface area contributed by atoms with E-state index < -0.39 is 0 Å². The van der Waals surface area contributed by atoms with Gasteiger partial charge in [-0.25, -0.2) is 0 Å². The number of hydrogen-bond donors (Lipinski definition) is 1. The lowest BCUT2D eigenvalue weighted by atomic mass is 10.0. The highest BCUT2D eigenvalue weighted by atomic mass is 32.2. The maximum absolute atomic E-state index is 4.47. The highest BCUT2D eigenvalue weighted by molar-refractivity contribution is 8.00. The number of nitrogens with one attached hydrogen (secondary N) is 1. The first-order valence-corrected chi connectivity index (χ1v) is 8.38. The Morgan fingerprint density at radius 2 is 2.00 bits per heavy atom. The van der Waals surface area contributed by atoms with E-state index in [0.29, 0.717) is 4.75 Å². The summed E-state index contributed by atoms with van der Waals surface area (Å²) in [5, 5.41) is 6.04. The van der Waals surface area contributed by atoms with Gasteiger partial charge in [0.15, 0.2) is 0 Å². The molecule has 0 saturated heterocycles. The van der Waals surface area contributed by atoms with Crippen LogP contribution in [0.1, 0.15) is 26.7 Å². The van der Waals surface area contributed by atoms with E-state index in [-0.39, 0.29) is 0 Å². The fourth-order valence-corrected chi connectivity index (χ4v) is 3.67. The smallest absolute Gasteiger partial charge is 0.117 e. The second kappa shape index (κ2) is 5.93. The first-order valence-electron chi connectivity index (χ1n) is 6.38. The molecule has 0 spiro atoms. The number of nitrogens with zero attached hydrogens (tertiary/aromatic N) is 1. The van der Waals surface area contributed by atoms with Crippen LogP contribution >= 0.6 is 23.3 Å². The number of anilines is 1. The number of thioether (sulfide) groups is 1. The van der Waals surface area contributed by atoms with Crippen molar-refractivity contribution in [1.29, 1.82) is 0 Å². The zero-order valence-corrected chi connectivity index (χ0v) is 12.8. The molecule has 1 heterocycles. The fourth-order valence-electron chi connectivity index (χ4n) is 2.12. The second-order valence-corrected chi connectivity index (χ2v) is 6.52. The summed E-state index contributed by atoms with van der Waals surface area (Å²) >= 11 is 3.53. The summed E-state index contributed by atoms with van der Waals surface area (Å²) in [7, 11) is 0. The third-order valence-corrected chi connectivity index (χ3v) is 6.10. The number of aromatic nitrogens is 1. The number of fused-ring (bicyclic) bond motifs is 1. The molecular formula is C14H20N2S2. The van der Waals surface area contributed by atoms with E-state index in [9.17, 15) is 0 Å². The van der Waals surface area contributed by atoms with Gasteiger partial charge in [-0.2, -0.15) is 16.1 Å². The van der Waals surface area contributed by atoms with Crippen LogP contribution < -0.4 is 5.32 Å². The summed E-state index contributed by atoms with van der Waals surface area (Å²) in [5.41, 5.74) is 1.09. The van der Waals surface area contributed by atoms with Crippen LogP contribution in [0.2, 0.25) is 0 Å². The minimum Gasteiger partial charge on any atom is -0.374 e. The Bertz CT molecular complexity index is 495. The monoisotopic (exact) mass is 280 g/mol. The Labute approximate surface area is 117 Å². The molecule has 0 atom stereocenters. The van der Waals surface area contributed by atoms with Crippen molar-refractivity contribution in [2.24, 2.45) is 0 Å². The highest BCUT2D eigenvalue weighted by Crippen LogP contribution is 2.33. The first-order chi connectivity index (χ1) is 8.74. The van der Waals surface area contributed by atoms with Crippen LogP contribution in [0.15, 0.2) is 24.3 Å². The maximum atomic E-state index is 4.47. The molecule has 2 rings (SSSR count). The van der Waals surface area contributed by atoms with E-state index in [4.69, 9.17) is 0 Å². The molecule has 98 valence electrons. The Balaban J connectivity index is 2.14. The van der Waals surface area contributed by atoms with Gasteiger partial charge >= 0.3 is 0 Å². The fraction of sp³-hybridized carbons (Fsp3) is 0.500. The van der Waals surface area contributed by atoms with E-state index in [2.05, 4.69) is 48.0 Å². The molecule has 0 aliphatic heterocycles. The Kier molecular flexibility index (Phi) is 4.51. The molecule has 1 N–H and O–H groups in total. The van der Waals surface area contributed by atoms with Gasteiger partial charge in [-0.15, -0.1) is 0 Å². The van der Waals surface area contributed by atoms with E-state index >= 15 is 0 Å². The van der Waals surface area contributed by atoms with Crippen molar-refractivity contribution in [3.8, 4) is 0 Å². The molecule has 0 fully saturated rings. The van der Waals surface area contributed by atoms with Gasteiger partial charge in [0, 0.05) is 16.7 Å². The van der Waals surface area contributed by atoms with Gasteiger partial charge < -0.3 is 5.32 Å². The molecule has 0 amide bonds. The standard InChI is InChI=1S/C14H20N2S2/c1-4-14(5-2,17-3)10-15-13-11-8-6-7-9-12(11)16-18-13/h6-9,15H,4-5,10H2,1-3H3. The Morgan fingerprint density at radius 1 is 1.28 bits per heavy atom. The zero-order chi connectivity index (χ0) is 13.0. The van der Waals surface area contributed by atoms with Crippen molar-refractivity contribution < 1.29 is 0 Å². The lowest BCUT2D eigenvalue weighted by Gasteiger charge is -2.29. The van der Waals surface area contributed by atoms with Crippen LogP contribution in [-0.4, -0.2) is 21.9 Å². The van der Waals surface area contributed by atoms with Gasteiger partial charge in [-0.3, -0.25) is 0 Å². The van der Waals surface area contributed by atoms with Gasteiger partial charge in [0.2, 0.25) is 0 Å². The van der Waals surface area contributed by atoms with E-state index in [1.807, 2.05) is 17.8 Å². The molecule has 18 heavy (non-hydrogen) atoms. The van der Waals surface area contributed by atoms with Gasteiger partial charge in [0.25, 0.3) is 0 Å². The van der Waals surface area contributed by atoms with Gasteiger partial charge in [-0.05, 0) is 42.8 Å². The predicted octanol–water partition coefficient (Wildman–Crippen LogP) is 4.63. The number of benzene rings is 1. The summed E-state index contributed by atoms with van der Waals surface area (Å²) < 4.78 is 4.81. The minimum absolute atomic E-state index is 0.338. The lowest BCUT2D eigenvalue weighted by molar-refractivity contribution is 0.575. The number of rotatable bonds is 6. The molecule has 1 aromatic carbocycles. The van der Waals surface area contributed by atoms with Crippen molar-refractivity contribution in [2.75, 3.05) is 18.1 Å². The summed E-state index contributed by atoms with van der Waals surface area (Å²) in [6.45, 7) is 5.55. The van der Waals surface area contributed by atoms with Crippen LogP contribution in [-0.2, 0) is 0 Å². The average Bonchev–Trinajstić information content (AvgIpc) is 2.85. The van der Waals surface area contributed by atoms with Crippen molar-refractivity contribution in [1.82, 2.24) is 4.37 Å². The van der Waals surface area contributed by atoms with Crippen molar-refractivity contribution in [3.05, 3.63) is 24.3 Å². The summed E-state index contributed by atoms with van der Waals surface area (Å²) in [5.74, 6) is 0. The van der Waals surface area contributed by atoms with E-state index in [1.54, 1.807) is 11.5 Å². The van der Waals surface area contributed by atoms with Gasteiger partial charge in [-0.1, -0.05) is 26.0 Å². The molecule has 0 aliphatic carbocycles. The molecular weight excluding hydrogens is 260 g/mol. The summed E-state index contributed by atoms with van der Waals surface area (Å²) in [4.78, 5) is 0. The maximum Gasteiger partial charge on any atom is 0.117 e. The molecule has 2 aromatic rings. The van der Waals surface area contributed by atoms with Crippen LogP contribution in [0.3, 0.4) is 0 Å². The molecule has 2 nitrogen and oxygen atoms in total. The summed E-state index contributed by atoms with van der Waals surface area (Å²) in [6.07, 6.45) is 4.59. The van der Waals surface area contributed by atoms with E-state index in [0.717, 1.165) is 12.1 Å². The average molecular weight is 280 g/mol. The van der Waals surface area contributed by atoms with Gasteiger partial charge in [0.05, 0.1) is 5.52 Å². The highest BCUT2D eigenvalue weighted by Gasteiger charge is 2.24. The Hall–Kier alpha value is -0.740. The summed E-state index contributed by atoms with van der Waals surface area (Å²) in [6, 6.07) is 8.32. The molecule has 0 aliphatic rings. The topological polar surface area (TPSA) is 24.9 Å². The minimum atomic E-state index is 0.338. The predicted molar refractivity (Wildman–Crippen MR) is 84.9 cm³/mol. The van der Waals surface area contributed by atoms with Crippen molar-refractivity contribution >= 4 is 39.2 Å². The Morgan fingerprint density at radius 3 is 2.67 bits per heavy atom. The third-order valence-electron chi connectivity index (χ3n) is 3.68. The molecule has 0 unspecified atom stereocenters. The SMILES string of the molecule is CCC(CC)(CNc1snc2ccccc12)SC. The van der Waals surface area contributed by atoms with E-state index in [1.165, 1.54) is 23.2 Å². The van der Waals surface area contributed by atoms with Crippen LogP contribution in [0.5, 0.6) is 0 Å². The van der Waals surface area contributed by atoms with Crippen LogP contribution in [0.4, 0.5) is 5.00 Å². The van der Waals surface area contributed by atoms with Crippen molar-refractivity contribution in [3.63, 3.8) is 0 Å². The molecule has 0 radical (unpaired) electrons. The quantitative estimate of drug-likeness (QED) is 0.835. The molecule has 0 bridgehead atoms. The molecule has 4 heteroatoms. The number of hydrogen-bond acceptors (Lipinski definition) is 4. The molecule has 0 saturated carbocycles. The van der Waals surface area contributed by atoms with Crippen LogP contribution in [0.25, 0.3) is 10.9 Å². The normalized spacial score (nSPS) is 11.9. The van der Waals surface area contributed by atoms with Crippen LogP contribution in [0, 0.1) is 0 Å². The zero-order valence-electron chi connectivity index (χ0n) is 11.2.